The van der Waals surface area contributed by atoms with Crippen molar-refractivity contribution in [2.75, 3.05) is 47.9 Å². The second kappa shape index (κ2) is 9.23. The number of benzene rings is 1. The first-order chi connectivity index (χ1) is 17.7. The number of amides is 1. The third kappa shape index (κ3) is 5.05. The number of hydrogen-bond donors (Lipinski definition) is 2. The van der Waals surface area contributed by atoms with Gasteiger partial charge in [-0.25, -0.2) is 14.0 Å². The van der Waals surface area contributed by atoms with Crippen LogP contribution in [0.25, 0.3) is 0 Å². The van der Waals surface area contributed by atoms with E-state index in [0.29, 0.717) is 47.3 Å². The van der Waals surface area contributed by atoms with Gasteiger partial charge in [-0.15, -0.1) is 0 Å². The fraction of sp³-hybridized carbons (Fsp3) is 0.593. The Labute approximate surface area is 219 Å². The largest absolute Gasteiger partial charge is 0.375 e. The Morgan fingerprint density at radius 3 is 2.54 bits per heavy atom. The van der Waals surface area contributed by atoms with E-state index in [1.165, 1.54) is 12.8 Å². The van der Waals surface area contributed by atoms with Gasteiger partial charge in [0, 0.05) is 48.1 Å². The van der Waals surface area contributed by atoms with Crippen LogP contribution in [-0.2, 0) is 14.5 Å². The summed E-state index contributed by atoms with van der Waals surface area (Å²) in [6, 6.07) is 7.08. The van der Waals surface area contributed by atoms with Crippen LogP contribution in [0.1, 0.15) is 61.5 Å². The Hall–Kier alpha value is -2.72. The number of nitrogens with zero attached hydrogens (tertiary/aromatic N) is 4. The molecule has 1 amide bonds. The second-order valence-corrected chi connectivity index (χ2v) is 13.6. The van der Waals surface area contributed by atoms with Gasteiger partial charge in [-0.05, 0) is 76.0 Å². The number of ether oxygens (including phenoxy) is 1. The fourth-order valence-corrected chi connectivity index (χ4v) is 7.33. The van der Waals surface area contributed by atoms with Crippen molar-refractivity contribution in [3.63, 3.8) is 0 Å². The number of carbonyl (C=O) groups is 1. The maximum absolute atomic E-state index is 13.6. The molecule has 9 nitrogen and oxygen atoms in total. The predicted octanol–water partition coefficient (Wildman–Crippen LogP) is 4.21. The van der Waals surface area contributed by atoms with Gasteiger partial charge >= 0.3 is 0 Å². The summed E-state index contributed by atoms with van der Waals surface area (Å²) in [5.74, 6) is 0.792. The number of aromatic nitrogens is 2. The average Bonchev–Trinajstić information content (AvgIpc) is 3.80. The van der Waals surface area contributed by atoms with E-state index in [2.05, 4.69) is 25.1 Å². The quantitative estimate of drug-likeness (QED) is 0.582. The highest BCUT2D eigenvalue weighted by atomic mass is 32.2. The Kier molecular flexibility index (Phi) is 6.14. The van der Waals surface area contributed by atoms with Gasteiger partial charge in [0.1, 0.15) is 5.82 Å². The van der Waals surface area contributed by atoms with Crippen molar-refractivity contribution >= 4 is 33.1 Å². The molecule has 6 rings (SSSR count). The number of aryl methyl sites for hydroxylation is 1. The van der Waals surface area contributed by atoms with Gasteiger partial charge in [0.05, 0.1) is 33.7 Å². The van der Waals surface area contributed by atoms with Crippen LogP contribution in [0.2, 0.25) is 0 Å². The molecule has 2 atom stereocenters. The van der Waals surface area contributed by atoms with Crippen molar-refractivity contribution in [2.45, 2.75) is 68.6 Å². The molecule has 1 spiro atoms. The summed E-state index contributed by atoms with van der Waals surface area (Å²) in [6.45, 7) is 7.70. The highest BCUT2D eigenvalue weighted by Crippen LogP contribution is 2.54. The van der Waals surface area contributed by atoms with Crippen LogP contribution in [0, 0.1) is 17.1 Å². The van der Waals surface area contributed by atoms with Crippen LogP contribution in [0.5, 0.6) is 0 Å². The minimum atomic E-state index is -2.86. The summed E-state index contributed by atoms with van der Waals surface area (Å²) in [7, 11) is -2.86. The molecule has 2 aromatic rings. The van der Waals surface area contributed by atoms with E-state index in [9.17, 15) is 9.00 Å². The van der Waals surface area contributed by atoms with Crippen molar-refractivity contribution in [1.82, 2.24) is 9.97 Å². The lowest BCUT2D eigenvalue weighted by molar-refractivity contribution is 0.0526. The molecule has 2 aliphatic carbocycles. The zero-order valence-electron chi connectivity index (χ0n) is 21.7. The normalized spacial score (nSPS) is 24.5. The van der Waals surface area contributed by atoms with E-state index in [-0.39, 0.29) is 17.3 Å². The van der Waals surface area contributed by atoms with Gasteiger partial charge in [-0.2, -0.15) is 4.98 Å². The first-order valence-electron chi connectivity index (χ1n) is 13.4. The summed E-state index contributed by atoms with van der Waals surface area (Å²) >= 11 is 0. The van der Waals surface area contributed by atoms with E-state index < -0.39 is 9.73 Å². The van der Waals surface area contributed by atoms with Crippen LogP contribution >= 0.6 is 0 Å². The molecule has 0 radical (unpaired) electrons. The molecule has 2 aliphatic heterocycles. The zero-order chi connectivity index (χ0) is 25.8. The number of nitrogens with one attached hydrogen (secondary N) is 2. The third-order valence-corrected chi connectivity index (χ3v) is 10.7. The Balaban J connectivity index is 1.29. The highest BCUT2D eigenvalue weighted by Gasteiger charge is 2.45. The molecule has 1 aromatic heterocycles. The van der Waals surface area contributed by atoms with E-state index in [4.69, 9.17) is 9.52 Å². The zero-order valence-corrected chi connectivity index (χ0v) is 22.5. The van der Waals surface area contributed by atoms with Gasteiger partial charge in [0.2, 0.25) is 5.95 Å². The predicted molar refractivity (Wildman–Crippen MR) is 144 cm³/mol. The molecular formula is C27H36N6O3S. The van der Waals surface area contributed by atoms with E-state index in [1.54, 1.807) is 18.2 Å². The molecule has 4 fully saturated rings. The Bertz CT molecular complexity index is 1310. The first-order valence-corrected chi connectivity index (χ1v) is 15.0. The van der Waals surface area contributed by atoms with E-state index in [0.717, 1.165) is 50.2 Å². The first kappa shape index (κ1) is 24.6. The van der Waals surface area contributed by atoms with Gasteiger partial charge in [-0.3, -0.25) is 4.79 Å². The summed E-state index contributed by atoms with van der Waals surface area (Å²) in [5.41, 5.74) is 2.58. The van der Waals surface area contributed by atoms with Crippen molar-refractivity contribution in [2.24, 2.45) is 5.41 Å². The second-order valence-electron chi connectivity index (χ2n) is 11.2. The van der Waals surface area contributed by atoms with Crippen LogP contribution in [0.15, 0.2) is 29.2 Å². The smallest absolute Gasteiger partial charge is 0.258 e. The number of carbonyl (C=O) groups excluding carboxylic acids is 1. The lowest BCUT2D eigenvalue weighted by atomic mass is 9.93. The monoisotopic (exact) mass is 524 g/mol. The molecule has 4 aliphatic rings. The summed E-state index contributed by atoms with van der Waals surface area (Å²) in [4.78, 5) is 27.7. The molecule has 37 heavy (non-hydrogen) atoms. The molecule has 0 unspecified atom stereocenters. The number of morpholine rings is 1. The van der Waals surface area contributed by atoms with Crippen molar-refractivity contribution in [3.8, 4) is 0 Å². The Morgan fingerprint density at radius 1 is 1.11 bits per heavy atom. The van der Waals surface area contributed by atoms with Gasteiger partial charge in [0.25, 0.3) is 5.91 Å². The van der Waals surface area contributed by atoms with Crippen molar-refractivity contribution in [3.05, 3.63) is 35.5 Å². The molecule has 2 saturated heterocycles. The maximum atomic E-state index is 13.6. The summed E-state index contributed by atoms with van der Waals surface area (Å²) < 4.78 is 27.4. The number of piperidine rings is 1. The SMILES string of the molecule is Cc1cc(NC(=O)c2ccc([S@@](=N)(=O)C3CC3)cc2N2CCC3(CC2)CC3)nc(N2CCO[C@H](C)C2)n1. The molecular weight excluding hydrogens is 488 g/mol. The Morgan fingerprint density at radius 2 is 1.86 bits per heavy atom. The third-order valence-electron chi connectivity index (χ3n) is 8.29. The molecule has 0 bridgehead atoms. The fourth-order valence-electron chi connectivity index (χ4n) is 5.59. The lowest BCUT2D eigenvalue weighted by Gasteiger charge is -2.35. The average molecular weight is 525 g/mol. The van der Waals surface area contributed by atoms with Gasteiger partial charge in [-0.1, -0.05) is 0 Å². The van der Waals surface area contributed by atoms with E-state index in [1.807, 2.05) is 19.9 Å². The lowest BCUT2D eigenvalue weighted by Crippen LogP contribution is -2.42. The number of anilines is 3. The standard InChI is InChI=1S/C27H36N6O3S/c1-18-15-24(31-26(29-18)33-13-14-36-19(2)17-33)30-25(34)22-6-5-21(37(28,35)20-3-4-20)16-23(22)32-11-9-27(7-8-27)10-12-32/h5-6,15-16,19-20,28H,3-4,7-14,17H2,1-2H3,(H,29,30,31,34)/t19-,37+/m1/s1. The van der Waals surface area contributed by atoms with Crippen LogP contribution < -0.4 is 15.1 Å². The number of hydrogen-bond acceptors (Lipinski definition) is 8. The summed E-state index contributed by atoms with van der Waals surface area (Å²) in [6.07, 6.45) is 6.60. The summed E-state index contributed by atoms with van der Waals surface area (Å²) in [5, 5.41) is 2.93. The molecule has 198 valence electrons. The van der Waals surface area contributed by atoms with Crippen molar-refractivity contribution in [1.29, 1.82) is 4.78 Å². The van der Waals surface area contributed by atoms with Crippen LogP contribution in [0.4, 0.5) is 17.5 Å². The molecule has 10 heteroatoms. The topological polar surface area (TPSA) is 112 Å². The molecule has 3 heterocycles. The van der Waals surface area contributed by atoms with Crippen molar-refractivity contribution < 1.29 is 13.7 Å². The molecule has 2 saturated carbocycles. The van der Waals surface area contributed by atoms with Gasteiger partial charge in [0.15, 0.2) is 0 Å². The van der Waals surface area contributed by atoms with E-state index >= 15 is 0 Å². The molecule has 2 N–H and O–H groups in total. The minimum Gasteiger partial charge on any atom is -0.375 e. The van der Waals surface area contributed by atoms with Crippen LogP contribution in [-0.4, -0.2) is 64.2 Å². The van der Waals surface area contributed by atoms with Gasteiger partial charge < -0.3 is 19.9 Å². The van der Waals surface area contributed by atoms with Crippen LogP contribution in [0.3, 0.4) is 0 Å². The highest BCUT2D eigenvalue weighted by molar-refractivity contribution is 7.93. The maximum Gasteiger partial charge on any atom is 0.258 e. The molecule has 1 aromatic carbocycles. The minimum absolute atomic E-state index is 0.0681. The number of rotatable bonds is 6.